The molecule has 0 aromatic heterocycles. The van der Waals surface area contributed by atoms with Crippen molar-refractivity contribution < 1.29 is 9.59 Å². The van der Waals surface area contributed by atoms with E-state index < -0.39 is 0 Å². The molecule has 22 heavy (non-hydrogen) atoms. The minimum Gasteiger partial charge on any atom is -0.350 e. The Morgan fingerprint density at radius 2 is 1.73 bits per heavy atom. The zero-order valence-corrected chi connectivity index (χ0v) is 13.2. The highest BCUT2D eigenvalue weighted by Gasteiger charge is 2.15. The molecule has 0 spiro atoms. The molecule has 0 aliphatic heterocycles. The van der Waals surface area contributed by atoms with Crippen molar-refractivity contribution in [2.45, 2.75) is 51.6 Å². The maximum atomic E-state index is 11.7. The average molecular weight is 303 g/mol. The number of nitrogens with one attached hydrogen (secondary N) is 3. The molecule has 3 N–H and O–H groups in total. The van der Waals surface area contributed by atoms with Gasteiger partial charge < -0.3 is 16.0 Å². The summed E-state index contributed by atoms with van der Waals surface area (Å²) in [7, 11) is 0. The van der Waals surface area contributed by atoms with Crippen LogP contribution in [0, 0.1) is 6.92 Å². The number of rotatable bonds is 5. The van der Waals surface area contributed by atoms with E-state index in [-0.39, 0.29) is 24.5 Å². The number of hydrogen-bond acceptors (Lipinski definition) is 2. The van der Waals surface area contributed by atoms with Crippen LogP contribution in [0.4, 0.5) is 4.79 Å². The van der Waals surface area contributed by atoms with Crippen molar-refractivity contribution in [1.82, 2.24) is 16.0 Å². The summed E-state index contributed by atoms with van der Waals surface area (Å²) in [5.74, 6) is -0.181. The van der Waals surface area contributed by atoms with Crippen LogP contribution in [0.3, 0.4) is 0 Å². The Hall–Kier alpha value is -2.04. The lowest BCUT2D eigenvalue weighted by atomic mass is 9.96. The zero-order valence-electron chi connectivity index (χ0n) is 13.2. The van der Waals surface area contributed by atoms with Crippen LogP contribution in [-0.4, -0.2) is 24.5 Å². The van der Waals surface area contributed by atoms with Crippen molar-refractivity contribution in [3.05, 3.63) is 35.4 Å². The van der Waals surface area contributed by atoms with Gasteiger partial charge in [0.15, 0.2) is 0 Å². The normalized spacial score (nSPS) is 15.1. The number of urea groups is 1. The summed E-state index contributed by atoms with van der Waals surface area (Å²) >= 11 is 0. The first-order valence-corrected chi connectivity index (χ1v) is 8.00. The fraction of sp³-hybridized carbons (Fsp3) is 0.529. The molecular weight excluding hydrogens is 278 g/mol. The van der Waals surface area contributed by atoms with Crippen LogP contribution in [0.25, 0.3) is 0 Å². The van der Waals surface area contributed by atoms with Crippen molar-refractivity contribution in [2.75, 3.05) is 6.54 Å². The number of carbonyl (C=O) groups is 2. The molecule has 120 valence electrons. The molecule has 0 unspecified atom stereocenters. The topological polar surface area (TPSA) is 70.2 Å². The maximum Gasteiger partial charge on any atom is 0.315 e. The summed E-state index contributed by atoms with van der Waals surface area (Å²) in [5.41, 5.74) is 2.24. The zero-order chi connectivity index (χ0) is 15.8. The molecule has 0 radical (unpaired) electrons. The summed E-state index contributed by atoms with van der Waals surface area (Å²) in [6.45, 7) is 2.51. The highest BCUT2D eigenvalue weighted by atomic mass is 16.2. The summed E-state index contributed by atoms with van der Waals surface area (Å²) in [5, 5.41) is 8.33. The molecule has 3 amide bonds. The number of amides is 3. The van der Waals surface area contributed by atoms with E-state index in [2.05, 4.69) is 16.0 Å². The second-order valence-corrected chi connectivity index (χ2v) is 5.92. The third kappa shape index (κ3) is 5.76. The van der Waals surface area contributed by atoms with Gasteiger partial charge in [-0.05, 0) is 25.3 Å². The molecular formula is C17H25N3O2. The molecule has 1 fully saturated rings. The highest BCUT2D eigenvalue weighted by Crippen LogP contribution is 2.17. The van der Waals surface area contributed by atoms with Gasteiger partial charge in [0.2, 0.25) is 5.91 Å². The summed E-state index contributed by atoms with van der Waals surface area (Å²) in [4.78, 5) is 23.5. The van der Waals surface area contributed by atoms with Gasteiger partial charge in [0, 0.05) is 12.6 Å². The molecule has 2 rings (SSSR count). The third-order valence-corrected chi connectivity index (χ3v) is 3.96. The van der Waals surface area contributed by atoms with E-state index >= 15 is 0 Å². The number of benzene rings is 1. The van der Waals surface area contributed by atoms with Crippen LogP contribution in [-0.2, 0) is 11.3 Å². The predicted octanol–water partition coefficient (Wildman–Crippen LogP) is 2.24. The van der Waals surface area contributed by atoms with Crippen molar-refractivity contribution in [1.29, 1.82) is 0 Å². The largest absolute Gasteiger partial charge is 0.350 e. The summed E-state index contributed by atoms with van der Waals surface area (Å²) in [6.07, 6.45) is 5.66. The van der Waals surface area contributed by atoms with Crippen LogP contribution < -0.4 is 16.0 Å². The molecule has 1 aliphatic carbocycles. The van der Waals surface area contributed by atoms with E-state index in [9.17, 15) is 9.59 Å². The second kappa shape index (κ2) is 8.41. The smallest absolute Gasteiger partial charge is 0.315 e. The molecule has 0 heterocycles. The Bertz CT molecular complexity index is 493. The Morgan fingerprint density at radius 3 is 2.41 bits per heavy atom. The lowest BCUT2D eigenvalue weighted by Crippen LogP contribution is -2.46. The van der Waals surface area contributed by atoms with Gasteiger partial charge in [0.25, 0.3) is 0 Å². The van der Waals surface area contributed by atoms with Crippen LogP contribution in [0.1, 0.15) is 43.2 Å². The van der Waals surface area contributed by atoms with Crippen LogP contribution in [0.5, 0.6) is 0 Å². The van der Waals surface area contributed by atoms with Gasteiger partial charge in [-0.3, -0.25) is 4.79 Å². The first-order chi connectivity index (χ1) is 10.6. The quantitative estimate of drug-likeness (QED) is 0.781. The lowest BCUT2D eigenvalue weighted by Gasteiger charge is -2.22. The van der Waals surface area contributed by atoms with Crippen molar-refractivity contribution in [3.63, 3.8) is 0 Å². The maximum absolute atomic E-state index is 11.7. The third-order valence-electron chi connectivity index (χ3n) is 3.96. The Morgan fingerprint density at radius 1 is 1.05 bits per heavy atom. The fourth-order valence-corrected chi connectivity index (χ4v) is 2.61. The van der Waals surface area contributed by atoms with Gasteiger partial charge >= 0.3 is 6.03 Å². The first kappa shape index (κ1) is 16.3. The summed E-state index contributed by atoms with van der Waals surface area (Å²) in [6, 6.07) is 7.99. The molecule has 1 saturated carbocycles. The Kier molecular flexibility index (Phi) is 6.25. The van der Waals surface area contributed by atoms with Gasteiger partial charge in [0.05, 0.1) is 6.54 Å². The van der Waals surface area contributed by atoms with Crippen LogP contribution >= 0.6 is 0 Å². The van der Waals surface area contributed by atoms with Crippen molar-refractivity contribution >= 4 is 11.9 Å². The molecule has 5 nitrogen and oxygen atoms in total. The van der Waals surface area contributed by atoms with Gasteiger partial charge in [0.1, 0.15) is 0 Å². The fourth-order valence-electron chi connectivity index (χ4n) is 2.61. The first-order valence-electron chi connectivity index (χ1n) is 8.00. The Labute approximate surface area is 131 Å². The van der Waals surface area contributed by atoms with E-state index in [1.165, 1.54) is 24.8 Å². The van der Waals surface area contributed by atoms with E-state index in [1.54, 1.807) is 0 Å². The molecule has 0 atom stereocenters. The Balaban J connectivity index is 1.62. The van der Waals surface area contributed by atoms with Crippen molar-refractivity contribution in [2.24, 2.45) is 0 Å². The van der Waals surface area contributed by atoms with Crippen LogP contribution in [0.15, 0.2) is 24.3 Å². The minimum atomic E-state index is -0.252. The number of hydrogen-bond donors (Lipinski definition) is 3. The van der Waals surface area contributed by atoms with Crippen molar-refractivity contribution in [3.8, 4) is 0 Å². The standard InChI is InChI=1S/C17H25N3O2/c1-13-7-9-14(10-8-13)11-18-16(21)12-19-17(22)20-15-5-3-2-4-6-15/h7-10,15H,2-6,11-12H2,1H3,(H,18,21)(H2,19,20,22). The van der Waals surface area contributed by atoms with E-state index in [4.69, 9.17) is 0 Å². The van der Waals surface area contributed by atoms with Gasteiger partial charge in [-0.15, -0.1) is 0 Å². The lowest BCUT2D eigenvalue weighted by molar-refractivity contribution is -0.120. The molecule has 1 aromatic rings. The molecule has 5 heteroatoms. The molecule has 0 saturated heterocycles. The van der Waals surface area contributed by atoms with E-state index in [0.29, 0.717) is 6.54 Å². The van der Waals surface area contributed by atoms with Gasteiger partial charge in [-0.25, -0.2) is 4.79 Å². The monoisotopic (exact) mass is 303 g/mol. The average Bonchev–Trinajstić information content (AvgIpc) is 2.53. The number of carbonyl (C=O) groups excluding carboxylic acids is 2. The summed E-state index contributed by atoms with van der Waals surface area (Å²) < 4.78 is 0. The SMILES string of the molecule is Cc1ccc(CNC(=O)CNC(=O)NC2CCCCC2)cc1. The molecule has 0 bridgehead atoms. The van der Waals surface area contributed by atoms with Gasteiger partial charge in [-0.2, -0.15) is 0 Å². The second-order valence-electron chi connectivity index (χ2n) is 5.92. The van der Waals surface area contributed by atoms with E-state index in [0.717, 1.165) is 18.4 Å². The number of aryl methyl sites for hydroxylation is 1. The van der Waals surface area contributed by atoms with Gasteiger partial charge in [-0.1, -0.05) is 49.1 Å². The minimum absolute atomic E-state index is 0.00438. The van der Waals surface area contributed by atoms with Crippen LogP contribution in [0.2, 0.25) is 0 Å². The highest BCUT2D eigenvalue weighted by molar-refractivity contribution is 5.83. The van der Waals surface area contributed by atoms with E-state index in [1.807, 2.05) is 31.2 Å². The predicted molar refractivity (Wildman–Crippen MR) is 86.4 cm³/mol. The molecule has 1 aliphatic rings. The molecule has 1 aromatic carbocycles.